The summed E-state index contributed by atoms with van der Waals surface area (Å²) in [5.41, 5.74) is 7.04. The van der Waals surface area contributed by atoms with Gasteiger partial charge in [0.1, 0.15) is 0 Å². The molecule has 0 aliphatic carbocycles. The molecule has 0 atom stereocenters. The van der Waals surface area contributed by atoms with Crippen molar-refractivity contribution in [1.82, 2.24) is 4.68 Å². The van der Waals surface area contributed by atoms with Gasteiger partial charge >= 0.3 is 0 Å². The minimum absolute atomic E-state index is 0.157. The normalized spacial score (nSPS) is 11.1. The molecule has 1 amide bonds. The van der Waals surface area contributed by atoms with E-state index in [9.17, 15) is 4.79 Å². The molecule has 0 saturated heterocycles. The number of aliphatic imine (C=N–C) groups is 1. The molecule has 0 aliphatic heterocycles. The average molecular weight is 431 g/mol. The largest absolute Gasteiger partial charge is 0.270 e. The molecule has 0 spiro atoms. The van der Waals surface area contributed by atoms with E-state index >= 15 is 0 Å². The molecule has 3 rings (SSSR count). The first-order chi connectivity index (χ1) is 12.5. The van der Waals surface area contributed by atoms with E-state index in [2.05, 4.69) is 26.3 Å². The van der Waals surface area contributed by atoms with Crippen LogP contribution in [0.3, 0.4) is 0 Å². The van der Waals surface area contributed by atoms with Crippen LogP contribution in [0, 0.1) is 13.8 Å². The van der Waals surface area contributed by atoms with E-state index in [4.69, 9.17) is 11.6 Å². The first-order valence-electron chi connectivity index (χ1n) is 8.00. The van der Waals surface area contributed by atoms with E-state index in [1.807, 2.05) is 50.2 Å². The molecule has 0 fully saturated rings. The Balaban J connectivity index is 1.82. The number of carbonyl (C=O) groups excluding carboxylic acids is 1. The molecular weight excluding hydrogens is 414 g/mol. The lowest BCUT2D eigenvalue weighted by Crippen LogP contribution is -2.24. The lowest BCUT2D eigenvalue weighted by molar-refractivity contribution is 0.101. The monoisotopic (exact) mass is 429 g/mol. The Bertz CT molecular complexity index is 980. The summed E-state index contributed by atoms with van der Waals surface area (Å²) in [6.07, 6.45) is 1.77. The van der Waals surface area contributed by atoms with Crippen molar-refractivity contribution in [3.05, 3.63) is 86.6 Å². The van der Waals surface area contributed by atoms with Gasteiger partial charge in [-0.05, 0) is 66.2 Å². The standard InChI is InChI=1S/C20H17BrClN3O/c1-13-10-16(12-23-17-8-9-18(21)19(22)11-17)14(2)25(13)24-20(26)15-6-4-3-5-7-15/h3-12H,1-2H3,(H,24,26). The molecule has 3 aromatic rings. The highest BCUT2D eigenvalue weighted by Crippen LogP contribution is 2.27. The summed E-state index contributed by atoms with van der Waals surface area (Å²) in [5.74, 6) is -0.157. The summed E-state index contributed by atoms with van der Waals surface area (Å²) in [6, 6.07) is 16.6. The lowest BCUT2D eigenvalue weighted by atomic mass is 10.2. The maximum absolute atomic E-state index is 12.4. The smallest absolute Gasteiger partial charge is 0.267 e. The average Bonchev–Trinajstić information content (AvgIpc) is 2.91. The van der Waals surface area contributed by atoms with Crippen LogP contribution in [0.5, 0.6) is 0 Å². The van der Waals surface area contributed by atoms with Gasteiger partial charge in [-0.25, -0.2) is 0 Å². The van der Waals surface area contributed by atoms with Crippen LogP contribution in [0.1, 0.15) is 27.3 Å². The van der Waals surface area contributed by atoms with Crippen molar-refractivity contribution in [2.75, 3.05) is 5.43 Å². The molecule has 132 valence electrons. The minimum Gasteiger partial charge on any atom is -0.267 e. The van der Waals surface area contributed by atoms with Gasteiger partial charge in [0, 0.05) is 33.2 Å². The van der Waals surface area contributed by atoms with Crippen molar-refractivity contribution in [3.63, 3.8) is 0 Å². The first-order valence-corrected chi connectivity index (χ1v) is 9.17. The Morgan fingerprint density at radius 2 is 1.88 bits per heavy atom. The second kappa shape index (κ2) is 7.89. The van der Waals surface area contributed by atoms with Crippen molar-refractivity contribution in [2.24, 2.45) is 4.99 Å². The van der Waals surface area contributed by atoms with Gasteiger partial charge in [0.15, 0.2) is 0 Å². The number of aromatic nitrogens is 1. The summed E-state index contributed by atoms with van der Waals surface area (Å²) in [6.45, 7) is 3.88. The number of aryl methyl sites for hydroxylation is 1. The highest BCUT2D eigenvalue weighted by molar-refractivity contribution is 9.10. The van der Waals surface area contributed by atoms with Crippen LogP contribution < -0.4 is 5.43 Å². The zero-order chi connectivity index (χ0) is 18.7. The van der Waals surface area contributed by atoms with E-state index in [0.717, 1.165) is 27.1 Å². The Morgan fingerprint density at radius 3 is 2.58 bits per heavy atom. The van der Waals surface area contributed by atoms with Gasteiger partial charge in [-0.15, -0.1) is 0 Å². The molecule has 26 heavy (non-hydrogen) atoms. The van der Waals surface area contributed by atoms with Crippen LogP contribution >= 0.6 is 27.5 Å². The summed E-state index contributed by atoms with van der Waals surface area (Å²) in [5, 5.41) is 0.611. The predicted molar refractivity (Wildman–Crippen MR) is 110 cm³/mol. The molecule has 6 heteroatoms. The number of benzene rings is 2. The number of carbonyl (C=O) groups is 1. The van der Waals surface area contributed by atoms with Gasteiger partial charge in [-0.1, -0.05) is 29.8 Å². The number of halogens is 2. The van der Waals surface area contributed by atoms with E-state index in [-0.39, 0.29) is 5.91 Å². The second-order valence-corrected chi connectivity index (χ2v) is 7.09. The second-order valence-electron chi connectivity index (χ2n) is 5.83. The summed E-state index contributed by atoms with van der Waals surface area (Å²) in [7, 11) is 0. The Morgan fingerprint density at radius 1 is 1.15 bits per heavy atom. The predicted octanol–water partition coefficient (Wildman–Crippen LogP) is 5.66. The molecule has 0 unspecified atom stereocenters. The number of hydrogen-bond donors (Lipinski definition) is 1. The van der Waals surface area contributed by atoms with Gasteiger partial charge in [-0.3, -0.25) is 19.9 Å². The minimum atomic E-state index is -0.157. The third kappa shape index (κ3) is 4.06. The zero-order valence-corrected chi connectivity index (χ0v) is 16.7. The van der Waals surface area contributed by atoms with Crippen molar-refractivity contribution in [3.8, 4) is 0 Å². The number of amides is 1. The van der Waals surface area contributed by atoms with Crippen LogP contribution in [0.25, 0.3) is 0 Å². The van der Waals surface area contributed by atoms with Crippen LogP contribution in [0.4, 0.5) is 5.69 Å². The van der Waals surface area contributed by atoms with Crippen molar-refractivity contribution in [2.45, 2.75) is 13.8 Å². The maximum Gasteiger partial charge on any atom is 0.270 e. The Labute approximate surface area is 165 Å². The fourth-order valence-electron chi connectivity index (χ4n) is 2.56. The number of rotatable bonds is 4. The summed E-state index contributed by atoms with van der Waals surface area (Å²) in [4.78, 5) is 16.9. The molecule has 1 N–H and O–H groups in total. The van der Waals surface area contributed by atoms with Crippen molar-refractivity contribution in [1.29, 1.82) is 0 Å². The topological polar surface area (TPSA) is 46.4 Å². The van der Waals surface area contributed by atoms with E-state index in [0.29, 0.717) is 10.6 Å². The third-order valence-corrected chi connectivity index (χ3v) is 5.21. The highest BCUT2D eigenvalue weighted by Gasteiger charge is 2.11. The molecular formula is C20H17BrClN3O. The van der Waals surface area contributed by atoms with Crippen molar-refractivity contribution < 1.29 is 4.79 Å². The summed E-state index contributed by atoms with van der Waals surface area (Å²) >= 11 is 9.46. The van der Waals surface area contributed by atoms with Crippen LogP contribution in [0.15, 0.2) is 64.1 Å². The van der Waals surface area contributed by atoms with Gasteiger partial charge < -0.3 is 0 Å². The molecule has 1 heterocycles. The van der Waals surface area contributed by atoms with E-state index < -0.39 is 0 Å². The molecule has 1 aromatic heterocycles. The van der Waals surface area contributed by atoms with Crippen LogP contribution in [-0.2, 0) is 0 Å². The van der Waals surface area contributed by atoms with Crippen LogP contribution in [0.2, 0.25) is 5.02 Å². The summed E-state index contributed by atoms with van der Waals surface area (Å²) < 4.78 is 2.60. The van der Waals surface area contributed by atoms with E-state index in [1.54, 1.807) is 29.1 Å². The third-order valence-electron chi connectivity index (χ3n) is 3.98. The lowest BCUT2D eigenvalue weighted by Gasteiger charge is -2.11. The Kier molecular flexibility index (Phi) is 5.59. The van der Waals surface area contributed by atoms with Crippen LogP contribution in [-0.4, -0.2) is 16.8 Å². The molecule has 0 radical (unpaired) electrons. The zero-order valence-electron chi connectivity index (χ0n) is 14.3. The highest BCUT2D eigenvalue weighted by atomic mass is 79.9. The number of hydrogen-bond acceptors (Lipinski definition) is 2. The Hall–Kier alpha value is -2.37. The van der Waals surface area contributed by atoms with Gasteiger partial charge in [0.25, 0.3) is 5.91 Å². The SMILES string of the molecule is Cc1cc(C=Nc2ccc(Br)c(Cl)c2)c(C)n1NC(=O)c1ccccc1. The molecule has 4 nitrogen and oxygen atoms in total. The molecule has 0 saturated carbocycles. The van der Waals surface area contributed by atoms with Gasteiger partial charge in [0.2, 0.25) is 0 Å². The molecule has 0 aliphatic rings. The maximum atomic E-state index is 12.4. The van der Waals surface area contributed by atoms with Gasteiger partial charge in [-0.2, -0.15) is 0 Å². The number of nitrogens with one attached hydrogen (secondary N) is 1. The first kappa shape index (κ1) is 18.4. The number of nitrogens with zero attached hydrogens (tertiary/aromatic N) is 2. The molecule has 0 bridgehead atoms. The molecule has 2 aromatic carbocycles. The fraction of sp³-hybridized carbons (Fsp3) is 0.100. The van der Waals surface area contributed by atoms with Crippen molar-refractivity contribution >= 4 is 45.3 Å². The fourth-order valence-corrected chi connectivity index (χ4v) is 2.98. The van der Waals surface area contributed by atoms with Gasteiger partial charge in [0.05, 0.1) is 10.7 Å². The van der Waals surface area contributed by atoms with E-state index in [1.165, 1.54) is 0 Å². The quantitative estimate of drug-likeness (QED) is 0.534.